The maximum atomic E-state index is 14.0. The Morgan fingerprint density at radius 2 is 1.41 bits per heavy atom. The molecule has 1 heterocycles. The number of nitrogens with zero attached hydrogens (tertiary/aromatic N) is 1. The van der Waals surface area contributed by atoms with Gasteiger partial charge in [0.15, 0.2) is 5.78 Å². The Balaban J connectivity index is 1.64. The molecule has 0 spiro atoms. The molecule has 0 unspecified atom stereocenters. The van der Waals surface area contributed by atoms with Gasteiger partial charge in [-0.1, -0.05) is 78.4 Å². The summed E-state index contributed by atoms with van der Waals surface area (Å²) in [6, 6.07) is 27.1. The van der Waals surface area contributed by atoms with Gasteiger partial charge < -0.3 is 0 Å². The summed E-state index contributed by atoms with van der Waals surface area (Å²) < 4.78 is 68.3. The van der Waals surface area contributed by atoms with Crippen LogP contribution >= 0.6 is 0 Å². The number of carbonyl (C=O) groups excluding carboxylic acids is 1. The monoisotopic (exact) mass is 547 g/mol. The van der Waals surface area contributed by atoms with E-state index >= 15 is 0 Å². The van der Waals surface area contributed by atoms with Crippen LogP contribution < -0.4 is 0 Å². The largest absolute Gasteiger partial charge is 0.416 e. The van der Waals surface area contributed by atoms with Crippen molar-refractivity contribution >= 4 is 26.7 Å². The first-order valence-electron chi connectivity index (χ1n) is 12.3. The highest BCUT2D eigenvalue weighted by Gasteiger charge is 2.31. The lowest BCUT2D eigenvalue weighted by atomic mass is 9.98. The molecule has 1 aromatic heterocycles. The molecule has 0 atom stereocenters. The second-order valence-electron chi connectivity index (χ2n) is 9.29. The van der Waals surface area contributed by atoms with Crippen LogP contribution in [-0.4, -0.2) is 18.2 Å². The molecule has 39 heavy (non-hydrogen) atoms. The van der Waals surface area contributed by atoms with Crippen LogP contribution in [0.2, 0.25) is 0 Å². The Bertz CT molecular complexity index is 1750. The van der Waals surface area contributed by atoms with E-state index in [9.17, 15) is 26.4 Å². The fraction of sp³-hybridized carbons (Fsp3) is 0.129. The van der Waals surface area contributed by atoms with Gasteiger partial charge in [0.25, 0.3) is 10.0 Å². The minimum atomic E-state index is -4.50. The molecule has 198 valence electrons. The van der Waals surface area contributed by atoms with Crippen molar-refractivity contribution in [3.8, 4) is 11.1 Å². The number of benzene rings is 4. The lowest BCUT2D eigenvalue weighted by Gasteiger charge is -2.14. The highest BCUT2D eigenvalue weighted by atomic mass is 32.2. The zero-order valence-corrected chi connectivity index (χ0v) is 21.8. The average molecular weight is 548 g/mol. The molecule has 4 nitrogen and oxygen atoms in total. The number of rotatable bonds is 7. The number of carbonyl (C=O) groups is 1. The third-order valence-corrected chi connectivity index (χ3v) is 8.44. The van der Waals surface area contributed by atoms with Crippen molar-refractivity contribution in [3.63, 3.8) is 0 Å². The number of hydrogen-bond donors (Lipinski definition) is 0. The van der Waals surface area contributed by atoms with Crippen molar-refractivity contribution < 1.29 is 26.4 Å². The molecule has 0 bridgehead atoms. The van der Waals surface area contributed by atoms with Gasteiger partial charge in [-0.25, -0.2) is 12.4 Å². The van der Waals surface area contributed by atoms with Gasteiger partial charge in [-0.15, -0.1) is 0 Å². The molecule has 0 N–H and O–H groups in total. The maximum absolute atomic E-state index is 14.0. The summed E-state index contributed by atoms with van der Waals surface area (Å²) in [5.74, 6) is -0.382. The third kappa shape index (κ3) is 5.12. The van der Waals surface area contributed by atoms with Crippen molar-refractivity contribution in [2.75, 3.05) is 0 Å². The minimum Gasteiger partial charge on any atom is -0.294 e. The summed E-state index contributed by atoms with van der Waals surface area (Å²) in [5.41, 5.74) is 2.62. The SMILES string of the molecule is Cc1ccc(S(=O)(=O)n2c(CCC(=O)c3ccc(C(F)(F)F)cc3)c(-c3ccccc3)c3ccccc32)cc1. The van der Waals surface area contributed by atoms with Crippen molar-refractivity contribution in [2.24, 2.45) is 0 Å². The molecule has 5 aromatic rings. The number of ketones is 1. The number of aromatic nitrogens is 1. The molecule has 0 saturated carbocycles. The predicted octanol–water partition coefficient (Wildman–Crippen LogP) is 7.69. The van der Waals surface area contributed by atoms with Gasteiger partial charge in [-0.2, -0.15) is 13.2 Å². The molecule has 0 saturated heterocycles. The summed E-state index contributed by atoms with van der Waals surface area (Å²) in [5, 5.41) is 0.719. The lowest BCUT2D eigenvalue weighted by Crippen LogP contribution is -2.17. The summed E-state index contributed by atoms with van der Waals surface area (Å²) in [7, 11) is -4.05. The number of aryl methyl sites for hydroxylation is 1. The number of para-hydroxylation sites is 1. The molecule has 4 aromatic carbocycles. The van der Waals surface area contributed by atoms with Gasteiger partial charge in [-0.05, 0) is 49.2 Å². The van der Waals surface area contributed by atoms with E-state index in [1.807, 2.05) is 49.4 Å². The summed E-state index contributed by atoms with van der Waals surface area (Å²) in [6.07, 6.45) is -4.54. The van der Waals surface area contributed by atoms with Gasteiger partial charge >= 0.3 is 6.18 Å². The molecular formula is C31H24F3NO3S. The van der Waals surface area contributed by atoms with Crippen molar-refractivity contribution in [1.29, 1.82) is 0 Å². The Labute approximate surface area is 224 Å². The quantitative estimate of drug-likeness (QED) is 0.196. The molecule has 0 radical (unpaired) electrons. The smallest absolute Gasteiger partial charge is 0.294 e. The summed E-state index contributed by atoms with van der Waals surface area (Å²) >= 11 is 0. The standard InChI is InChI=1S/C31H24F3NO3S/c1-21-11-17-25(18-12-21)39(37,38)35-27-10-6-5-9-26(27)30(23-7-3-2-4-8-23)28(35)19-20-29(36)22-13-15-24(16-14-22)31(32,33)34/h2-18H,19-20H2,1H3. The zero-order chi connectivity index (χ0) is 27.8. The molecule has 0 aliphatic rings. The number of hydrogen-bond acceptors (Lipinski definition) is 3. The maximum Gasteiger partial charge on any atom is 0.416 e. The Hall–Kier alpha value is -4.17. The van der Waals surface area contributed by atoms with Crippen LogP contribution in [0.15, 0.2) is 108 Å². The van der Waals surface area contributed by atoms with E-state index in [0.29, 0.717) is 16.8 Å². The van der Waals surface area contributed by atoms with Crippen LogP contribution in [0.1, 0.15) is 33.6 Å². The molecule has 8 heteroatoms. The first-order chi connectivity index (χ1) is 18.6. The van der Waals surface area contributed by atoms with E-state index in [0.717, 1.165) is 40.8 Å². The van der Waals surface area contributed by atoms with E-state index < -0.39 is 21.8 Å². The predicted molar refractivity (Wildman–Crippen MR) is 145 cm³/mol. The second-order valence-corrected chi connectivity index (χ2v) is 11.1. The number of halogens is 3. The normalized spacial score (nSPS) is 12.1. The highest BCUT2D eigenvalue weighted by Crippen LogP contribution is 2.38. The first kappa shape index (κ1) is 26.4. The van der Waals surface area contributed by atoms with Crippen LogP contribution in [0.25, 0.3) is 22.0 Å². The molecular weight excluding hydrogens is 523 g/mol. The zero-order valence-electron chi connectivity index (χ0n) is 20.9. The molecule has 5 rings (SSSR count). The molecule has 0 fully saturated rings. The van der Waals surface area contributed by atoms with Crippen LogP contribution in [-0.2, 0) is 22.6 Å². The van der Waals surface area contributed by atoms with Crippen LogP contribution in [0.3, 0.4) is 0 Å². The molecule has 0 aliphatic carbocycles. The van der Waals surface area contributed by atoms with Gasteiger partial charge in [0, 0.05) is 28.6 Å². The van der Waals surface area contributed by atoms with Crippen molar-refractivity contribution in [2.45, 2.75) is 30.8 Å². The van der Waals surface area contributed by atoms with Crippen LogP contribution in [0.5, 0.6) is 0 Å². The van der Waals surface area contributed by atoms with E-state index in [1.54, 1.807) is 36.4 Å². The van der Waals surface area contributed by atoms with E-state index in [4.69, 9.17) is 0 Å². The Morgan fingerprint density at radius 3 is 2.05 bits per heavy atom. The highest BCUT2D eigenvalue weighted by molar-refractivity contribution is 7.90. The number of fused-ring (bicyclic) bond motifs is 1. The van der Waals surface area contributed by atoms with E-state index in [-0.39, 0.29) is 29.1 Å². The van der Waals surface area contributed by atoms with Gasteiger partial charge in [0.2, 0.25) is 0 Å². The minimum absolute atomic E-state index is 0.0594. The van der Waals surface area contributed by atoms with E-state index in [2.05, 4.69) is 0 Å². The summed E-state index contributed by atoms with van der Waals surface area (Å²) in [4.78, 5) is 13.2. The van der Waals surface area contributed by atoms with Crippen molar-refractivity contribution in [3.05, 3.63) is 126 Å². The lowest BCUT2D eigenvalue weighted by molar-refractivity contribution is -0.137. The van der Waals surface area contributed by atoms with Gasteiger partial charge in [0.05, 0.1) is 16.0 Å². The molecule has 0 aliphatic heterocycles. The van der Waals surface area contributed by atoms with Crippen LogP contribution in [0.4, 0.5) is 13.2 Å². The molecule has 0 amide bonds. The van der Waals surface area contributed by atoms with Crippen LogP contribution in [0, 0.1) is 6.92 Å². The number of alkyl halides is 3. The third-order valence-electron chi connectivity index (χ3n) is 6.67. The van der Waals surface area contributed by atoms with E-state index in [1.165, 1.54) is 3.97 Å². The first-order valence-corrected chi connectivity index (χ1v) is 13.7. The Kier molecular flexibility index (Phi) is 6.91. The number of Topliss-reactive ketones (excluding diaryl/α,β-unsaturated/α-hetero) is 1. The fourth-order valence-electron chi connectivity index (χ4n) is 4.73. The Morgan fingerprint density at radius 1 is 0.795 bits per heavy atom. The van der Waals surface area contributed by atoms with Gasteiger partial charge in [-0.3, -0.25) is 4.79 Å². The van der Waals surface area contributed by atoms with Gasteiger partial charge in [0.1, 0.15) is 0 Å². The summed E-state index contributed by atoms with van der Waals surface area (Å²) in [6.45, 7) is 1.87. The topological polar surface area (TPSA) is 56.1 Å². The fourth-order valence-corrected chi connectivity index (χ4v) is 6.31. The second kappa shape index (κ2) is 10.2. The average Bonchev–Trinajstić information content (AvgIpc) is 3.27. The van der Waals surface area contributed by atoms with Crippen molar-refractivity contribution in [1.82, 2.24) is 3.97 Å².